The molecule has 1 N–H and O–H groups in total. The van der Waals surface area contributed by atoms with E-state index in [1.165, 1.54) is 5.56 Å². The highest BCUT2D eigenvalue weighted by Gasteiger charge is 2.45. The van der Waals surface area contributed by atoms with Gasteiger partial charge in [0.25, 0.3) is 0 Å². The largest absolute Gasteiger partial charge is 0.350 e. The summed E-state index contributed by atoms with van der Waals surface area (Å²) >= 11 is 0. The fraction of sp³-hybridized carbons (Fsp3) is 0.474. The third-order valence-corrected chi connectivity index (χ3v) is 7.15. The zero-order valence-electron chi connectivity index (χ0n) is 15.5. The van der Waals surface area contributed by atoms with Gasteiger partial charge in [0.15, 0.2) is 9.84 Å². The Morgan fingerprint density at radius 3 is 2.48 bits per heavy atom. The van der Waals surface area contributed by atoms with Gasteiger partial charge in [0.05, 0.1) is 11.5 Å². The van der Waals surface area contributed by atoms with Crippen molar-refractivity contribution in [2.24, 2.45) is 0 Å². The van der Waals surface area contributed by atoms with E-state index in [1.807, 2.05) is 37.6 Å². The van der Waals surface area contributed by atoms with E-state index in [1.54, 1.807) is 0 Å². The lowest BCUT2D eigenvalue weighted by molar-refractivity contribution is 0.0571. The normalized spacial score (nSPS) is 25.2. The Bertz CT molecular complexity index is 873. The highest BCUT2D eigenvalue weighted by atomic mass is 32.2. The van der Waals surface area contributed by atoms with Crippen LogP contribution in [0.3, 0.4) is 0 Å². The molecule has 3 heterocycles. The van der Waals surface area contributed by atoms with Crippen molar-refractivity contribution in [1.82, 2.24) is 19.8 Å². The Balaban J connectivity index is 1.38. The SMILES string of the molecule is CN1CCN(Cc2cnc(NCc3ccccc3)nc2)[C@H]2CS(=O)(=O)C[C@H]21. The van der Waals surface area contributed by atoms with Crippen molar-refractivity contribution in [2.45, 2.75) is 25.2 Å². The number of nitrogens with zero attached hydrogens (tertiary/aromatic N) is 4. The maximum Gasteiger partial charge on any atom is 0.222 e. The summed E-state index contributed by atoms with van der Waals surface area (Å²) in [5.41, 5.74) is 2.18. The highest BCUT2D eigenvalue weighted by Crippen LogP contribution is 2.27. The Labute approximate surface area is 160 Å². The highest BCUT2D eigenvalue weighted by molar-refractivity contribution is 7.91. The first-order valence-electron chi connectivity index (χ1n) is 9.24. The minimum Gasteiger partial charge on any atom is -0.350 e. The molecule has 1 aromatic carbocycles. The molecule has 2 aromatic rings. The second kappa shape index (κ2) is 7.53. The van der Waals surface area contributed by atoms with Crippen molar-refractivity contribution in [3.63, 3.8) is 0 Å². The summed E-state index contributed by atoms with van der Waals surface area (Å²) in [5, 5.41) is 3.22. The molecule has 0 saturated carbocycles. The number of piperazine rings is 1. The van der Waals surface area contributed by atoms with Gasteiger partial charge in [-0.05, 0) is 12.6 Å². The summed E-state index contributed by atoms with van der Waals surface area (Å²) < 4.78 is 24.2. The number of sulfone groups is 1. The molecule has 7 nitrogen and oxygen atoms in total. The summed E-state index contributed by atoms with van der Waals surface area (Å²) in [7, 11) is -0.932. The molecule has 0 amide bonds. The zero-order valence-corrected chi connectivity index (χ0v) is 16.3. The number of rotatable bonds is 5. The van der Waals surface area contributed by atoms with E-state index in [4.69, 9.17) is 0 Å². The van der Waals surface area contributed by atoms with Crippen molar-refractivity contribution >= 4 is 15.8 Å². The van der Waals surface area contributed by atoms with Gasteiger partial charge in [0.1, 0.15) is 0 Å². The standard InChI is InChI=1S/C19H25N5O2S/c1-23-7-8-24(18-14-27(25,26)13-17(18)23)12-16-10-21-19(22-11-16)20-9-15-5-3-2-4-6-15/h2-6,10-11,17-18H,7-9,12-14H2,1H3,(H,20,21,22)/t17-,18+/m1/s1. The van der Waals surface area contributed by atoms with Crippen LogP contribution in [0, 0.1) is 0 Å². The van der Waals surface area contributed by atoms with Crippen LogP contribution >= 0.6 is 0 Å². The van der Waals surface area contributed by atoms with Crippen LogP contribution in [-0.2, 0) is 22.9 Å². The smallest absolute Gasteiger partial charge is 0.222 e. The Morgan fingerprint density at radius 1 is 1.04 bits per heavy atom. The Kier molecular flexibility index (Phi) is 5.12. The number of anilines is 1. The van der Waals surface area contributed by atoms with Crippen LogP contribution in [0.15, 0.2) is 42.7 Å². The first-order chi connectivity index (χ1) is 13.0. The average Bonchev–Trinajstić information content (AvgIpc) is 3.01. The summed E-state index contributed by atoms with van der Waals surface area (Å²) in [6, 6.07) is 10.3. The summed E-state index contributed by atoms with van der Waals surface area (Å²) in [5.74, 6) is 1.12. The lowest BCUT2D eigenvalue weighted by atomic mass is 10.0. The van der Waals surface area contributed by atoms with Crippen LogP contribution < -0.4 is 5.32 Å². The molecule has 2 aliphatic heterocycles. The van der Waals surface area contributed by atoms with Crippen molar-refractivity contribution in [3.8, 4) is 0 Å². The molecule has 2 saturated heterocycles. The van der Waals surface area contributed by atoms with Crippen LogP contribution in [0.1, 0.15) is 11.1 Å². The number of aromatic nitrogens is 2. The van der Waals surface area contributed by atoms with Gasteiger partial charge in [-0.3, -0.25) is 9.80 Å². The number of hydrogen-bond donors (Lipinski definition) is 1. The number of fused-ring (bicyclic) bond motifs is 1. The molecule has 0 radical (unpaired) electrons. The monoisotopic (exact) mass is 387 g/mol. The van der Waals surface area contributed by atoms with Crippen LogP contribution in [0.25, 0.3) is 0 Å². The second-order valence-electron chi connectivity index (χ2n) is 7.42. The van der Waals surface area contributed by atoms with E-state index in [9.17, 15) is 8.42 Å². The summed E-state index contributed by atoms with van der Waals surface area (Å²) in [6.07, 6.45) is 3.66. The van der Waals surface area contributed by atoms with E-state index in [0.717, 1.165) is 18.7 Å². The van der Waals surface area contributed by atoms with Gasteiger partial charge in [-0.15, -0.1) is 0 Å². The van der Waals surface area contributed by atoms with E-state index in [0.29, 0.717) is 19.0 Å². The molecule has 1 aromatic heterocycles. The maximum absolute atomic E-state index is 12.1. The Morgan fingerprint density at radius 2 is 1.74 bits per heavy atom. The van der Waals surface area contributed by atoms with Crippen molar-refractivity contribution in [2.75, 3.05) is 37.0 Å². The quantitative estimate of drug-likeness (QED) is 0.820. The van der Waals surface area contributed by atoms with E-state index in [2.05, 4.69) is 37.2 Å². The number of hydrogen-bond acceptors (Lipinski definition) is 7. The van der Waals surface area contributed by atoms with Gasteiger partial charge in [0, 0.05) is 56.2 Å². The minimum atomic E-state index is -2.95. The van der Waals surface area contributed by atoms with Gasteiger partial charge in [-0.2, -0.15) is 0 Å². The summed E-state index contributed by atoms with van der Waals surface area (Å²) in [6.45, 7) is 3.11. The second-order valence-corrected chi connectivity index (χ2v) is 9.57. The molecule has 144 valence electrons. The van der Waals surface area contributed by atoms with Crippen LogP contribution in [0.2, 0.25) is 0 Å². The van der Waals surface area contributed by atoms with Gasteiger partial charge >= 0.3 is 0 Å². The fourth-order valence-corrected chi connectivity index (χ4v) is 6.02. The van der Waals surface area contributed by atoms with E-state index >= 15 is 0 Å². The van der Waals surface area contributed by atoms with E-state index in [-0.39, 0.29) is 23.6 Å². The van der Waals surface area contributed by atoms with Gasteiger partial charge in [0.2, 0.25) is 5.95 Å². The molecule has 8 heteroatoms. The molecular formula is C19H25N5O2S. The third-order valence-electron chi connectivity index (χ3n) is 5.45. The van der Waals surface area contributed by atoms with Crippen LogP contribution in [0.5, 0.6) is 0 Å². The predicted molar refractivity (Wildman–Crippen MR) is 105 cm³/mol. The molecule has 27 heavy (non-hydrogen) atoms. The van der Waals surface area contributed by atoms with E-state index < -0.39 is 9.84 Å². The average molecular weight is 388 g/mol. The van der Waals surface area contributed by atoms with Crippen molar-refractivity contribution in [1.29, 1.82) is 0 Å². The fourth-order valence-electron chi connectivity index (χ4n) is 3.93. The van der Waals surface area contributed by atoms with Crippen LogP contribution in [0.4, 0.5) is 5.95 Å². The molecule has 0 bridgehead atoms. The molecule has 2 atom stereocenters. The lowest BCUT2D eigenvalue weighted by Crippen LogP contribution is -2.57. The lowest BCUT2D eigenvalue weighted by Gasteiger charge is -2.42. The third kappa shape index (κ3) is 4.28. The van der Waals surface area contributed by atoms with Gasteiger partial charge < -0.3 is 5.32 Å². The van der Waals surface area contributed by atoms with Gasteiger partial charge in [-0.25, -0.2) is 18.4 Å². The molecule has 0 spiro atoms. The number of nitrogens with one attached hydrogen (secondary N) is 1. The van der Waals surface area contributed by atoms with Crippen molar-refractivity contribution < 1.29 is 8.42 Å². The predicted octanol–water partition coefficient (Wildman–Crippen LogP) is 1.00. The molecule has 4 rings (SSSR count). The van der Waals surface area contributed by atoms with Gasteiger partial charge in [-0.1, -0.05) is 30.3 Å². The van der Waals surface area contributed by atoms with Crippen LogP contribution in [-0.4, -0.2) is 71.9 Å². The first kappa shape index (κ1) is 18.3. The molecule has 0 unspecified atom stereocenters. The zero-order chi connectivity index (χ0) is 18.9. The number of benzene rings is 1. The summed E-state index contributed by atoms with van der Waals surface area (Å²) in [4.78, 5) is 13.3. The molecule has 2 aliphatic rings. The Hall–Kier alpha value is -2.03. The minimum absolute atomic E-state index is 0.0598. The van der Waals surface area contributed by atoms with Crippen molar-refractivity contribution in [3.05, 3.63) is 53.9 Å². The molecular weight excluding hydrogens is 362 g/mol. The number of likely N-dealkylation sites (N-methyl/N-ethyl adjacent to an activating group) is 1. The topological polar surface area (TPSA) is 78.4 Å². The first-order valence-corrected chi connectivity index (χ1v) is 11.1. The molecule has 2 fully saturated rings. The maximum atomic E-state index is 12.1. The molecule has 0 aliphatic carbocycles.